The van der Waals surface area contributed by atoms with Gasteiger partial charge in [0.2, 0.25) is 0 Å². The van der Waals surface area contributed by atoms with Crippen molar-refractivity contribution in [3.8, 4) is 66.8 Å². The van der Waals surface area contributed by atoms with Gasteiger partial charge in [0.1, 0.15) is 22.3 Å². The topological polar surface area (TPSA) is 32.8 Å². The van der Waals surface area contributed by atoms with Crippen molar-refractivity contribution in [2.24, 2.45) is 0 Å². The molecule has 0 N–H and O–H groups in total. The first kappa shape index (κ1) is 58.7. The van der Waals surface area contributed by atoms with Gasteiger partial charge in [-0.2, -0.15) is 0 Å². The molecule has 0 spiro atoms. The summed E-state index contributed by atoms with van der Waals surface area (Å²) >= 11 is 0. The van der Waals surface area contributed by atoms with Gasteiger partial charge in [0.15, 0.2) is 0 Å². The van der Waals surface area contributed by atoms with E-state index in [1.54, 1.807) is 0 Å². The number of para-hydroxylation sites is 4. The van der Waals surface area contributed by atoms with Gasteiger partial charge < -0.3 is 18.6 Å². The molecule has 13 aromatic carbocycles. The van der Waals surface area contributed by atoms with Crippen molar-refractivity contribution in [3.05, 3.63) is 356 Å². The molecule has 0 saturated heterocycles. The number of fused-ring (bicyclic) bond motifs is 10. The van der Waals surface area contributed by atoms with Crippen molar-refractivity contribution in [2.75, 3.05) is 9.80 Å². The molecule has 5 aliphatic rings. The van der Waals surface area contributed by atoms with Crippen LogP contribution in [0.5, 0.6) is 0 Å². The monoisotopic (exact) mass is 1290 g/mol. The lowest BCUT2D eigenvalue weighted by atomic mass is 9.33. The highest BCUT2D eigenvalue weighted by Crippen LogP contribution is 2.55. The van der Waals surface area contributed by atoms with Gasteiger partial charge in [0.05, 0.1) is 11.4 Å². The molecule has 5 heteroatoms. The molecule has 4 heterocycles. The van der Waals surface area contributed by atoms with Crippen LogP contribution in [0.1, 0.15) is 49.7 Å². The largest absolute Gasteiger partial charge is 0.456 e. The predicted octanol–water partition coefficient (Wildman–Crippen LogP) is 24.7. The number of hydrogen-bond donors (Lipinski definition) is 0. The van der Waals surface area contributed by atoms with Crippen molar-refractivity contribution in [3.63, 3.8) is 0 Å². The van der Waals surface area contributed by atoms with Crippen LogP contribution in [-0.4, -0.2) is 6.71 Å². The van der Waals surface area contributed by atoms with E-state index in [1.165, 1.54) is 50.0 Å². The van der Waals surface area contributed by atoms with E-state index in [-0.39, 0.29) is 6.71 Å². The fourth-order valence-electron chi connectivity index (χ4n) is 16.9. The van der Waals surface area contributed by atoms with Crippen LogP contribution in [-0.2, 0) is 0 Å². The standard InChI is InChI=1S/C96H67BN2O2/c1-6-26-62(27-7-1)67-36-20-40-71(52-67)76-46-24-47-77(72-41-21-37-68(53-72)63-28-8-2-9-29-63)95(76)98-86-58-82-80-44-16-18-50-90(80)100-92(82)60-84(86)97-85-61-93-83(81-45-17-19-51-91(81)101-93)59-87(85)99(89-57-75(56-88(98)94(89)97)66-34-14-5-15-35-66)96-78(73-42-22-38-69(54-73)64-30-10-3-11-31-64)48-25-49-79(96)74-43-23-39-70(55-74)65-32-12-4-13-33-65/h1-3,5-8,10-12,14-22,24-28,30-42,44-61H,4,9,13,23,29,43H2. The van der Waals surface area contributed by atoms with E-state index in [1.807, 2.05) is 0 Å². The van der Waals surface area contributed by atoms with Gasteiger partial charge in [0.25, 0.3) is 6.71 Å². The lowest BCUT2D eigenvalue weighted by Gasteiger charge is -2.46. The molecule has 2 aliphatic heterocycles. The van der Waals surface area contributed by atoms with Gasteiger partial charge in [-0.15, -0.1) is 0 Å². The molecule has 20 rings (SSSR count). The van der Waals surface area contributed by atoms with E-state index >= 15 is 0 Å². The summed E-state index contributed by atoms with van der Waals surface area (Å²) in [6, 6.07) is 106. The minimum atomic E-state index is -0.324. The van der Waals surface area contributed by atoms with Crippen molar-refractivity contribution in [2.45, 2.75) is 38.5 Å². The Kier molecular flexibility index (Phi) is 14.1. The smallest absolute Gasteiger partial charge is 0.252 e. The third-order valence-electron chi connectivity index (χ3n) is 21.6. The Balaban J connectivity index is 0.947. The van der Waals surface area contributed by atoms with Gasteiger partial charge in [0, 0.05) is 66.5 Å². The Morgan fingerprint density at radius 1 is 0.297 bits per heavy atom. The molecule has 0 saturated carbocycles. The third kappa shape index (κ3) is 9.97. The second kappa shape index (κ2) is 24.2. The van der Waals surface area contributed by atoms with Crippen LogP contribution in [0.3, 0.4) is 0 Å². The minimum absolute atomic E-state index is 0.324. The normalized spacial score (nSPS) is 14.6. The van der Waals surface area contributed by atoms with Crippen LogP contribution in [0.2, 0.25) is 0 Å². The molecule has 0 radical (unpaired) electrons. The number of rotatable bonds is 11. The summed E-state index contributed by atoms with van der Waals surface area (Å²) in [5.74, 6) is 0. The maximum Gasteiger partial charge on any atom is 0.252 e. The first-order valence-corrected chi connectivity index (χ1v) is 35.6. The highest BCUT2D eigenvalue weighted by Gasteiger charge is 2.46. The Labute approximate surface area is 588 Å². The van der Waals surface area contributed by atoms with Crippen LogP contribution in [0, 0.1) is 0 Å². The third-order valence-corrected chi connectivity index (χ3v) is 21.6. The lowest BCUT2D eigenvalue weighted by molar-refractivity contribution is 0.669. The number of nitrogens with zero attached hydrogens (tertiary/aromatic N) is 2. The molecule has 476 valence electrons. The maximum atomic E-state index is 7.13. The highest BCUT2D eigenvalue weighted by atomic mass is 16.3. The van der Waals surface area contributed by atoms with E-state index in [2.05, 4.69) is 344 Å². The van der Waals surface area contributed by atoms with E-state index < -0.39 is 0 Å². The van der Waals surface area contributed by atoms with Crippen LogP contribution in [0.4, 0.5) is 34.1 Å². The average Bonchev–Trinajstić information content (AvgIpc) is 1.65. The van der Waals surface area contributed by atoms with Gasteiger partial charge >= 0.3 is 0 Å². The summed E-state index contributed by atoms with van der Waals surface area (Å²) in [7, 11) is 0. The van der Waals surface area contributed by atoms with E-state index in [9.17, 15) is 0 Å². The van der Waals surface area contributed by atoms with Gasteiger partial charge in [-0.1, -0.05) is 267 Å². The summed E-state index contributed by atoms with van der Waals surface area (Å²) in [5.41, 5.74) is 34.8. The molecule has 2 aromatic heterocycles. The molecule has 101 heavy (non-hydrogen) atoms. The number of benzene rings is 13. The second-order valence-corrected chi connectivity index (χ2v) is 27.5. The molecular formula is C96H67BN2O2. The zero-order chi connectivity index (χ0) is 66.5. The van der Waals surface area contributed by atoms with Crippen LogP contribution < -0.4 is 26.2 Å². The highest BCUT2D eigenvalue weighted by molar-refractivity contribution is 7.00. The maximum absolute atomic E-state index is 7.13. The van der Waals surface area contributed by atoms with Crippen LogP contribution in [0.15, 0.2) is 354 Å². The van der Waals surface area contributed by atoms with Crippen LogP contribution >= 0.6 is 0 Å². The quantitative estimate of drug-likeness (QED) is 0.121. The van der Waals surface area contributed by atoms with E-state index in [4.69, 9.17) is 8.83 Å². The van der Waals surface area contributed by atoms with Crippen molar-refractivity contribution < 1.29 is 8.83 Å². The first-order valence-electron chi connectivity index (χ1n) is 35.6. The number of furan rings is 2. The van der Waals surface area contributed by atoms with Crippen molar-refractivity contribution in [1.29, 1.82) is 0 Å². The molecule has 0 bridgehead atoms. The molecule has 0 atom stereocenters. The average molecular weight is 1290 g/mol. The summed E-state index contributed by atoms with van der Waals surface area (Å²) in [6.45, 7) is -0.324. The fraction of sp³-hybridized carbons (Fsp3) is 0.0625. The first-order chi connectivity index (χ1) is 50.1. The molecule has 3 aliphatic carbocycles. The molecule has 0 fully saturated rings. The number of hydrogen-bond acceptors (Lipinski definition) is 4. The Morgan fingerprint density at radius 2 is 0.752 bits per heavy atom. The van der Waals surface area contributed by atoms with Gasteiger partial charge in [-0.25, -0.2) is 0 Å². The molecule has 15 aromatic rings. The Hall–Kier alpha value is -12.4. The summed E-state index contributed by atoms with van der Waals surface area (Å²) < 4.78 is 14.3. The minimum Gasteiger partial charge on any atom is -0.456 e. The zero-order valence-corrected chi connectivity index (χ0v) is 55.8. The van der Waals surface area contributed by atoms with Gasteiger partial charge in [-0.05, 0) is 200 Å². The predicted molar refractivity (Wildman–Crippen MR) is 426 cm³/mol. The Bertz CT molecular complexity index is 6100. The number of anilines is 6. The summed E-state index contributed by atoms with van der Waals surface area (Å²) in [6.07, 6.45) is 24.8. The second-order valence-electron chi connectivity index (χ2n) is 27.5. The van der Waals surface area contributed by atoms with Crippen molar-refractivity contribution >= 4 is 112 Å². The molecular weight excluding hydrogens is 1220 g/mol. The Morgan fingerprint density at radius 3 is 1.29 bits per heavy atom. The van der Waals surface area contributed by atoms with E-state index in [0.29, 0.717) is 0 Å². The lowest BCUT2D eigenvalue weighted by Crippen LogP contribution is -2.61. The molecule has 4 nitrogen and oxygen atoms in total. The van der Waals surface area contributed by atoms with Gasteiger partial charge in [-0.3, -0.25) is 0 Å². The van der Waals surface area contributed by atoms with Crippen LogP contribution in [0.25, 0.3) is 122 Å². The molecule has 0 amide bonds. The zero-order valence-electron chi connectivity index (χ0n) is 55.8. The summed E-state index contributed by atoms with van der Waals surface area (Å²) in [4.78, 5) is 5.38. The SMILES string of the molecule is C1=CCCC(c2cccc(-c3cccc(-c4cccc(-c5ccccc5)c4)c3N3c4cc5c(cc4B4c6cc7oc8ccccc8c7cc6N(c6c(C7=CC(C8=CCCC=C8)=CCC7)cccc6-c6cccc(-c7ccccc7)c6)c6cc(-c7ccccc7)cc3c64)oc3ccccc35)c2)=C1. The molecule has 0 unspecified atom stereocenters. The number of allylic oxidation sites excluding steroid dienone is 12. The summed E-state index contributed by atoms with van der Waals surface area (Å²) in [5, 5.41) is 4.29. The van der Waals surface area contributed by atoms with E-state index in [0.717, 1.165) is 183 Å². The van der Waals surface area contributed by atoms with Crippen molar-refractivity contribution in [1.82, 2.24) is 0 Å². The fourth-order valence-corrected chi connectivity index (χ4v) is 16.9.